The molecule has 0 aromatic heterocycles. The molecule has 0 amide bonds. The first-order chi connectivity index (χ1) is 9.03. The first-order valence-electron chi connectivity index (χ1n) is 6.45. The fourth-order valence-corrected chi connectivity index (χ4v) is 2.86. The summed E-state index contributed by atoms with van der Waals surface area (Å²) in [7, 11) is -3.49. The highest BCUT2D eigenvalue weighted by Gasteiger charge is 2.14. The fourth-order valence-electron chi connectivity index (χ4n) is 1.77. The van der Waals surface area contributed by atoms with E-state index in [4.69, 9.17) is 5.11 Å². The van der Waals surface area contributed by atoms with E-state index in [-0.39, 0.29) is 11.5 Å². The van der Waals surface area contributed by atoms with E-state index in [0.29, 0.717) is 18.7 Å². The number of hydrogen-bond donors (Lipinski definition) is 2. The molecule has 0 radical (unpaired) electrons. The Balaban J connectivity index is 2.65. The zero-order chi connectivity index (χ0) is 14.3. The van der Waals surface area contributed by atoms with Crippen molar-refractivity contribution >= 4 is 10.0 Å². The molecule has 1 rings (SSSR count). The fraction of sp³-hybridized carbons (Fsp3) is 0.538. The van der Waals surface area contributed by atoms with Crippen molar-refractivity contribution in [2.45, 2.75) is 25.3 Å². The zero-order valence-corrected chi connectivity index (χ0v) is 12.3. The quantitative estimate of drug-likeness (QED) is 0.741. The van der Waals surface area contributed by atoms with Gasteiger partial charge in [-0.25, -0.2) is 13.1 Å². The molecule has 1 aromatic rings. The molecule has 0 saturated carbocycles. The van der Waals surface area contributed by atoms with E-state index >= 15 is 0 Å². The molecular weight excluding hydrogens is 264 g/mol. The number of benzene rings is 1. The number of hydrogen-bond acceptors (Lipinski definition) is 4. The first kappa shape index (κ1) is 16.1. The van der Waals surface area contributed by atoms with Gasteiger partial charge >= 0.3 is 0 Å². The van der Waals surface area contributed by atoms with E-state index in [1.807, 2.05) is 13.8 Å². The molecule has 5 nitrogen and oxygen atoms in total. The lowest BCUT2D eigenvalue weighted by Gasteiger charge is -2.18. The van der Waals surface area contributed by atoms with E-state index in [1.165, 1.54) is 12.1 Å². The van der Waals surface area contributed by atoms with Gasteiger partial charge in [-0.1, -0.05) is 26.0 Å². The normalized spacial score (nSPS) is 12.0. The summed E-state index contributed by atoms with van der Waals surface area (Å²) in [6.45, 7) is 6.80. The third kappa shape index (κ3) is 4.91. The highest BCUT2D eigenvalue weighted by molar-refractivity contribution is 7.89. The van der Waals surface area contributed by atoms with Gasteiger partial charge in [0.2, 0.25) is 10.0 Å². The van der Waals surface area contributed by atoms with Crippen LogP contribution >= 0.6 is 0 Å². The van der Waals surface area contributed by atoms with E-state index < -0.39 is 10.0 Å². The van der Waals surface area contributed by atoms with Crippen LogP contribution in [0.15, 0.2) is 29.2 Å². The lowest BCUT2D eigenvalue weighted by atomic mass is 10.2. The van der Waals surface area contributed by atoms with Gasteiger partial charge in [-0.3, -0.25) is 0 Å². The Morgan fingerprint density at radius 2 is 1.95 bits per heavy atom. The average molecular weight is 286 g/mol. The summed E-state index contributed by atoms with van der Waals surface area (Å²) in [4.78, 5) is 2.34. The second-order valence-electron chi connectivity index (χ2n) is 4.23. The minimum atomic E-state index is -3.49. The Bertz CT molecular complexity index is 484. The van der Waals surface area contributed by atoms with Crippen LogP contribution in [0.1, 0.15) is 19.4 Å². The van der Waals surface area contributed by atoms with Gasteiger partial charge in [-0.15, -0.1) is 0 Å². The maximum absolute atomic E-state index is 12.0. The Morgan fingerprint density at radius 1 is 1.26 bits per heavy atom. The van der Waals surface area contributed by atoms with Gasteiger partial charge in [0.05, 0.1) is 11.5 Å². The number of nitrogens with one attached hydrogen (secondary N) is 1. The van der Waals surface area contributed by atoms with E-state index in [2.05, 4.69) is 9.62 Å². The van der Waals surface area contributed by atoms with Gasteiger partial charge in [-0.2, -0.15) is 0 Å². The molecule has 0 heterocycles. The van der Waals surface area contributed by atoms with Crippen molar-refractivity contribution < 1.29 is 13.5 Å². The maximum Gasteiger partial charge on any atom is 0.240 e. The predicted octanol–water partition coefficient (Wildman–Crippen LogP) is 0.799. The number of nitrogens with zero attached hydrogens (tertiary/aromatic N) is 1. The predicted molar refractivity (Wildman–Crippen MR) is 75.3 cm³/mol. The molecule has 0 aliphatic carbocycles. The van der Waals surface area contributed by atoms with Crippen molar-refractivity contribution in [2.75, 3.05) is 26.2 Å². The second kappa shape index (κ2) is 7.59. The van der Waals surface area contributed by atoms with Gasteiger partial charge < -0.3 is 10.0 Å². The van der Waals surface area contributed by atoms with Gasteiger partial charge in [0, 0.05) is 13.1 Å². The Hall–Kier alpha value is -0.950. The number of sulfonamides is 1. The molecule has 0 aliphatic rings. The maximum atomic E-state index is 12.0. The molecule has 2 N–H and O–H groups in total. The zero-order valence-electron chi connectivity index (χ0n) is 11.5. The van der Waals surface area contributed by atoms with E-state index in [0.717, 1.165) is 13.1 Å². The highest BCUT2D eigenvalue weighted by Crippen LogP contribution is 2.11. The summed E-state index contributed by atoms with van der Waals surface area (Å²) < 4.78 is 26.7. The molecule has 0 saturated heterocycles. The average Bonchev–Trinajstić information content (AvgIpc) is 2.43. The molecule has 6 heteroatoms. The lowest BCUT2D eigenvalue weighted by Crippen LogP contribution is -2.34. The van der Waals surface area contributed by atoms with Crippen molar-refractivity contribution in [3.8, 4) is 0 Å². The summed E-state index contributed by atoms with van der Waals surface area (Å²) in [5.41, 5.74) is 0.589. The molecule has 19 heavy (non-hydrogen) atoms. The molecule has 108 valence electrons. The van der Waals surface area contributed by atoms with Gasteiger partial charge in [0.1, 0.15) is 0 Å². The first-order valence-corrected chi connectivity index (χ1v) is 7.93. The van der Waals surface area contributed by atoms with Crippen LogP contribution < -0.4 is 4.72 Å². The van der Waals surface area contributed by atoms with Crippen LogP contribution in [-0.2, 0) is 16.6 Å². The van der Waals surface area contributed by atoms with Crippen LogP contribution in [0.25, 0.3) is 0 Å². The monoisotopic (exact) mass is 286 g/mol. The Labute approximate surface area is 115 Å². The van der Waals surface area contributed by atoms with Crippen molar-refractivity contribution in [2.24, 2.45) is 0 Å². The van der Waals surface area contributed by atoms with Crippen molar-refractivity contribution in [3.05, 3.63) is 29.8 Å². The van der Waals surface area contributed by atoms with Crippen LogP contribution in [0.2, 0.25) is 0 Å². The van der Waals surface area contributed by atoms with Crippen LogP contribution in [0, 0.1) is 0 Å². The molecule has 0 bridgehead atoms. The Morgan fingerprint density at radius 3 is 2.53 bits per heavy atom. The van der Waals surface area contributed by atoms with Crippen LogP contribution in [0.3, 0.4) is 0 Å². The molecular formula is C13H22N2O3S. The largest absolute Gasteiger partial charge is 0.392 e. The molecule has 0 unspecified atom stereocenters. The third-order valence-electron chi connectivity index (χ3n) is 3.01. The highest BCUT2D eigenvalue weighted by atomic mass is 32.2. The molecule has 0 spiro atoms. The minimum absolute atomic E-state index is 0.164. The summed E-state index contributed by atoms with van der Waals surface area (Å²) in [6.07, 6.45) is 0. The van der Waals surface area contributed by atoms with Crippen LogP contribution in [0.4, 0.5) is 0 Å². The summed E-state index contributed by atoms with van der Waals surface area (Å²) in [5.74, 6) is 0. The molecule has 0 atom stereocenters. The minimum Gasteiger partial charge on any atom is -0.392 e. The topological polar surface area (TPSA) is 69.6 Å². The molecule has 0 aliphatic heterocycles. The SMILES string of the molecule is CCN(CC)CCNS(=O)(=O)c1cccc(CO)c1. The van der Waals surface area contributed by atoms with Gasteiger partial charge in [0.15, 0.2) is 0 Å². The second-order valence-corrected chi connectivity index (χ2v) is 6.00. The van der Waals surface area contributed by atoms with Gasteiger partial charge in [0.25, 0.3) is 0 Å². The number of aliphatic hydroxyl groups excluding tert-OH is 1. The summed E-state index contributed by atoms with van der Waals surface area (Å²) >= 11 is 0. The summed E-state index contributed by atoms with van der Waals surface area (Å²) in [6, 6.07) is 6.33. The Kier molecular flexibility index (Phi) is 6.44. The standard InChI is InChI=1S/C13H22N2O3S/c1-3-15(4-2)9-8-14-19(17,18)13-7-5-6-12(10-13)11-16/h5-7,10,14,16H,3-4,8-9,11H2,1-2H3. The van der Waals surface area contributed by atoms with Gasteiger partial charge in [-0.05, 0) is 30.8 Å². The summed E-state index contributed by atoms with van der Waals surface area (Å²) in [5, 5.41) is 9.02. The number of likely N-dealkylation sites (N-methyl/N-ethyl adjacent to an activating group) is 1. The van der Waals surface area contributed by atoms with Crippen LogP contribution in [-0.4, -0.2) is 44.6 Å². The number of aliphatic hydroxyl groups is 1. The lowest BCUT2D eigenvalue weighted by molar-refractivity contribution is 0.281. The van der Waals surface area contributed by atoms with Crippen molar-refractivity contribution in [3.63, 3.8) is 0 Å². The van der Waals surface area contributed by atoms with E-state index in [9.17, 15) is 8.42 Å². The smallest absolute Gasteiger partial charge is 0.240 e. The molecule has 1 aromatic carbocycles. The van der Waals surface area contributed by atoms with Crippen molar-refractivity contribution in [1.29, 1.82) is 0 Å². The molecule has 0 fully saturated rings. The van der Waals surface area contributed by atoms with Crippen molar-refractivity contribution in [1.82, 2.24) is 9.62 Å². The number of rotatable bonds is 8. The third-order valence-corrected chi connectivity index (χ3v) is 4.46. The van der Waals surface area contributed by atoms with Crippen LogP contribution in [0.5, 0.6) is 0 Å². The van der Waals surface area contributed by atoms with E-state index in [1.54, 1.807) is 12.1 Å².